The number of thioether (sulfide) groups is 1. The van der Waals surface area contributed by atoms with E-state index in [9.17, 15) is 9.18 Å². The summed E-state index contributed by atoms with van der Waals surface area (Å²) in [5, 5.41) is 0.657. The lowest BCUT2D eigenvalue weighted by atomic mass is 10.1. The smallest absolute Gasteiger partial charge is 0.187 e. The molecule has 2 rings (SSSR count). The van der Waals surface area contributed by atoms with Crippen LogP contribution in [-0.4, -0.2) is 21.5 Å². The zero-order valence-corrected chi connectivity index (χ0v) is 10.4. The second kappa shape index (κ2) is 6.26. The van der Waals surface area contributed by atoms with E-state index < -0.39 is 0 Å². The van der Waals surface area contributed by atoms with Gasteiger partial charge in [-0.1, -0.05) is 11.8 Å². The first-order chi connectivity index (χ1) is 8.75. The van der Waals surface area contributed by atoms with Gasteiger partial charge in [-0.2, -0.15) is 0 Å². The van der Waals surface area contributed by atoms with Crippen molar-refractivity contribution in [3.05, 3.63) is 54.1 Å². The van der Waals surface area contributed by atoms with Crippen molar-refractivity contribution in [2.75, 3.05) is 5.75 Å². The fourth-order valence-electron chi connectivity index (χ4n) is 1.38. The van der Waals surface area contributed by atoms with Gasteiger partial charge in [-0.15, -0.1) is 0 Å². The average molecular weight is 262 g/mol. The molecule has 0 bridgehead atoms. The number of carbonyl (C=O) groups excluding carboxylic acids is 1. The predicted octanol–water partition coefficient (Wildman–Crippen LogP) is 2.98. The van der Waals surface area contributed by atoms with Crippen molar-refractivity contribution < 1.29 is 9.18 Å². The minimum Gasteiger partial charge on any atom is -0.294 e. The van der Waals surface area contributed by atoms with E-state index in [-0.39, 0.29) is 11.6 Å². The first-order valence-electron chi connectivity index (χ1n) is 5.44. The minimum absolute atomic E-state index is 0.00145. The van der Waals surface area contributed by atoms with Crippen molar-refractivity contribution in [3.8, 4) is 0 Å². The number of rotatable bonds is 5. The number of Topliss-reactive ketones (excluding diaryl/α,β-unsaturated/α-hetero) is 1. The van der Waals surface area contributed by atoms with Crippen LogP contribution >= 0.6 is 11.8 Å². The zero-order valence-electron chi connectivity index (χ0n) is 9.54. The van der Waals surface area contributed by atoms with Gasteiger partial charge in [0.15, 0.2) is 10.9 Å². The molecule has 92 valence electrons. The van der Waals surface area contributed by atoms with Gasteiger partial charge in [0.1, 0.15) is 5.82 Å². The highest BCUT2D eigenvalue weighted by molar-refractivity contribution is 7.99. The molecule has 0 unspecified atom stereocenters. The van der Waals surface area contributed by atoms with Crippen LogP contribution in [0.5, 0.6) is 0 Å². The molecule has 5 heteroatoms. The summed E-state index contributed by atoms with van der Waals surface area (Å²) in [5.74, 6) is 0.275. The third-order valence-corrected chi connectivity index (χ3v) is 3.15. The predicted molar refractivity (Wildman–Crippen MR) is 68.1 cm³/mol. The van der Waals surface area contributed by atoms with Crippen molar-refractivity contribution in [3.63, 3.8) is 0 Å². The molecule has 0 saturated heterocycles. The summed E-state index contributed by atoms with van der Waals surface area (Å²) >= 11 is 1.43. The normalized spacial score (nSPS) is 10.3. The lowest BCUT2D eigenvalue weighted by Crippen LogP contribution is -2.00. The van der Waals surface area contributed by atoms with E-state index in [0.717, 1.165) is 0 Å². The van der Waals surface area contributed by atoms with E-state index in [2.05, 4.69) is 9.97 Å². The molecule has 2 aromatic rings. The van der Waals surface area contributed by atoms with Crippen LogP contribution in [0.4, 0.5) is 4.39 Å². The molecule has 0 radical (unpaired) electrons. The Morgan fingerprint density at radius 3 is 2.50 bits per heavy atom. The number of hydrogen-bond donors (Lipinski definition) is 0. The second-order valence-corrected chi connectivity index (χ2v) is 4.62. The standard InChI is InChI=1S/C13H11FN2OS/c14-11-4-2-10(3-5-11)12(17)6-9-18-13-15-7-1-8-16-13/h1-5,7-8H,6,9H2. The zero-order chi connectivity index (χ0) is 12.8. The van der Waals surface area contributed by atoms with Crippen LogP contribution < -0.4 is 0 Å². The highest BCUT2D eigenvalue weighted by Crippen LogP contribution is 2.14. The molecule has 0 amide bonds. The summed E-state index contributed by atoms with van der Waals surface area (Å²) in [6, 6.07) is 7.33. The number of carbonyl (C=O) groups is 1. The van der Waals surface area contributed by atoms with Crippen molar-refractivity contribution in [1.82, 2.24) is 9.97 Å². The number of nitrogens with zero attached hydrogens (tertiary/aromatic N) is 2. The average Bonchev–Trinajstić information content (AvgIpc) is 2.40. The fourth-order valence-corrected chi connectivity index (χ4v) is 2.12. The Morgan fingerprint density at radius 1 is 1.17 bits per heavy atom. The molecule has 0 aliphatic carbocycles. The Kier molecular flexibility index (Phi) is 4.41. The topological polar surface area (TPSA) is 42.9 Å². The molecule has 18 heavy (non-hydrogen) atoms. The van der Waals surface area contributed by atoms with E-state index in [4.69, 9.17) is 0 Å². The summed E-state index contributed by atoms with van der Waals surface area (Å²) in [7, 11) is 0. The minimum atomic E-state index is -0.335. The molecule has 1 aromatic heterocycles. The number of benzene rings is 1. The van der Waals surface area contributed by atoms with Crippen molar-refractivity contribution in [1.29, 1.82) is 0 Å². The molecule has 0 aliphatic heterocycles. The molecule has 0 atom stereocenters. The van der Waals surface area contributed by atoms with Gasteiger partial charge < -0.3 is 0 Å². The summed E-state index contributed by atoms with van der Waals surface area (Å²) in [5.41, 5.74) is 0.533. The van der Waals surface area contributed by atoms with Crippen molar-refractivity contribution >= 4 is 17.5 Å². The number of halogens is 1. The Bertz CT molecular complexity index is 516. The molecular weight excluding hydrogens is 251 g/mol. The van der Waals surface area contributed by atoms with E-state index in [1.54, 1.807) is 18.5 Å². The fraction of sp³-hybridized carbons (Fsp3) is 0.154. The second-order valence-electron chi connectivity index (χ2n) is 3.56. The van der Waals surface area contributed by atoms with Crippen LogP contribution in [0.25, 0.3) is 0 Å². The molecule has 1 heterocycles. The van der Waals surface area contributed by atoms with E-state index in [1.165, 1.54) is 36.0 Å². The Morgan fingerprint density at radius 2 is 1.83 bits per heavy atom. The quantitative estimate of drug-likeness (QED) is 0.472. The molecule has 1 aromatic carbocycles. The molecule has 0 aliphatic rings. The Hall–Kier alpha value is -1.75. The molecule has 0 spiro atoms. The summed E-state index contributed by atoms with van der Waals surface area (Å²) < 4.78 is 12.7. The third kappa shape index (κ3) is 3.63. The first-order valence-corrected chi connectivity index (χ1v) is 6.43. The van der Waals surface area contributed by atoms with Gasteiger partial charge in [0, 0.05) is 30.1 Å². The maximum Gasteiger partial charge on any atom is 0.187 e. The Balaban J connectivity index is 1.84. The van der Waals surface area contributed by atoms with Gasteiger partial charge in [0.05, 0.1) is 0 Å². The largest absolute Gasteiger partial charge is 0.294 e. The maximum absolute atomic E-state index is 12.7. The van der Waals surface area contributed by atoms with E-state index in [0.29, 0.717) is 22.9 Å². The van der Waals surface area contributed by atoms with Gasteiger partial charge in [0.2, 0.25) is 0 Å². The number of hydrogen-bond acceptors (Lipinski definition) is 4. The lowest BCUT2D eigenvalue weighted by Gasteiger charge is -2.00. The Labute approximate surface area is 108 Å². The molecular formula is C13H11FN2OS. The van der Waals surface area contributed by atoms with Crippen LogP contribution in [0.1, 0.15) is 16.8 Å². The highest BCUT2D eigenvalue weighted by atomic mass is 32.2. The van der Waals surface area contributed by atoms with Crippen LogP contribution in [0, 0.1) is 5.82 Å². The summed E-state index contributed by atoms with van der Waals surface area (Å²) in [6.07, 6.45) is 3.71. The maximum atomic E-state index is 12.7. The van der Waals surface area contributed by atoms with Gasteiger partial charge in [-0.25, -0.2) is 14.4 Å². The summed E-state index contributed by atoms with van der Waals surface area (Å²) in [6.45, 7) is 0. The van der Waals surface area contributed by atoms with Gasteiger partial charge >= 0.3 is 0 Å². The summed E-state index contributed by atoms with van der Waals surface area (Å²) in [4.78, 5) is 19.9. The van der Waals surface area contributed by atoms with Crippen LogP contribution in [-0.2, 0) is 0 Å². The number of aromatic nitrogens is 2. The third-order valence-electron chi connectivity index (χ3n) is 2.27. The van der Waals surface area contributed by atoms with Crippen LogP contribution in [0.2, 0.25) is 0 Å². The molecule has 0 saturated carbocycles. The van der Waals surface area contributed by atoms with Crippen LogP contribution in [0.3, 0.4) is 0 Å². The highest BCUT2D eigenvalue weighted by Gasteiger charge is 2.06. The van der Waals surface area contributed by atoms with Crippen LogP contribution in [0.15, 0.2) is 47.9 Å². The van der Waals surface area contributed by atoms with Crippen molar-refractivity contribution in [2.24, 2.45) is 0 Å². The lowest BCUT2D eigenvalue weighted by molar-refractivity contribution is 0.0989. The van der Waals surface area contributed by atoms with Gasteiger partial charge in [0.25, 0.3) is 0 Å². The first kappa shape index (κ1) is 12.7. The molecule has 3 nitrogen and oxygen atoms in total. The molecule has 0 N–H and O–H groups in total. The van der Waals surface area contributed by atoms with E-state index in [1.807, 2.05) is 0 Å². The number of ketones is 1. The van der Waals surface area contributed by atoms with Crippen molar-refractivity contribution in [2.45, 2.75) is 11.6 Å². The molecule has 0 fully saturated rings. The van der Waals surface area contributed by atoms with E-state index >= 15 is 0 Å². The van der Waals surface area contributed by atoms with Gasteiger partial charge in [-0.3, -0.25) is 4.79 Å². The monoisotopic (exact) mass is 262 g/mol. The SMILES string of the molecule is O=C(CCSc1ncccn1)c1ccc(F)cc1. The van der Waals surface area contributed by atoms with Gasteiger partial charge in [-0.05, 0) is 30.3 Å².